The van der Waals surface area contributed by atoms with E-state index in [4.69, 9.17) is 4.74 Å². The molecule has 3 rings (SSSR count). The van der Waals surface area contributed by atoms with Gasteiger partial charge in [-0.2, -0.15) is 0 Å². The third kappa shape index (κ3) is 5.29. The molecule has 0 bridgehead atoms. The van der Waals surface area contributed by atoms with Gasteiger partial charge in [0.2, 0.25) is 5.91 Å². The Kier molecular flexibility index (Phi) is 6.26. The highest BCUT2D eigenvalue weighted by Gasteiger charge is 2.25. The number of rotatable bonds is 3. The molecule has 1 fully saturated rings. The maximum atomic E-state index is 12.2. The third-order valence-electron chi connectivity index (χ3n) is 4.39. The van der Waals surface area contributed by atoms with Gasteiger partial charge in [-0.05, 0) is 38.3 Å². The van der Waals surface area contributed by atoms with Crippen molar-refractivity contribution in [3.63, 3.8) is 0 Å². The van der Waals surface area contributed by atoms with Gasteiger partial charge in [-0.15, -0.1) is 0 Å². The zero-order chi connectivity index (χ0) is 21.7. The van der Waals surface area contributed by atoms with Crippen molar-refractivity contribution < 1.29 is 19.1 Å². The Hall–Kier alpha value is -3.53. The molecule has 1 aliphatic rings. The molecule has 4 amide bonds. The Morgan fingerprint density at radius 2 is 1.90 bits per heavy atom. The summed E-state index contributed by atoms with van der Waals surface area (Å²) in [6.07, 6.45) is 0.288. The van der Waals surface area contributed by atoms with E-state index < -0.39 is 17.7 Å². The average Bonchev–Trinajstić information content (AvgIpc) is 2.66. The predicted octanol–water partition coefficient (Wildman–Crippen LogP) is 3.55. The van der Waals surface area contributed by atoms with Gasteiger partial charge in [-0.3, -0.25) is 15.0 Å². The SMILES string of the molecule is CC(C)(C)OC(=O)NCCC#Cc1cccc2c(N3CCC(=O)NC3=O)cccc12. The van der Waals surface area contributed by atoms with Gasteiger partial charge in [0.25, 0.3) is 0 Å². The summed E-state index contributed by atoms with van der Waals surface area (Å²) in [6, 6.07) is 11.0. The number of anilines is 1. The molecule has 0 aliphatic carbocycles. The molecule has 0 unspecified atom stereocenters. The van der Waals surface area contributed by atoms with E-state index in [2.05, 4.69) is 22.5 Å². The molecular weight excluding hydrogens is 382 g/mol. The molecule has 7 nitrogen and oxygen atoms in total. The van der Waals surface area contributed by atoms with Crippen LogP contribution in [0, 0.1) is 11.8 Å². The lowest BCUT2D eigenvalue weighted by atomic mass is 10.0. The third-order valence-corrected chi connectivity index (χ3v) is 4.39. The van der Waals surface area contributed by atoms with Gasteiger partial charge in [0.1, 0.15) is 5.60 Å². The summed E-state index contributed by atoms with van der Waals surface area (Å²) < 4.78 is 5.19. The van der Waals surface area contributed by atoms with Crippen LogP contribution in [0.1, 0.15) is 39.2 Å². The molecule has 0 aromatic heterocycles. The Labute approximate surface area is 175 Å². The molecule has 0 spiro atoms. The first-order chi connectivity index (χ1) is 14.2. The van der Waals surface area contributed by atoms with Crippen LogP contribution in [0.15, 0.2) is 36.4 Å². The highest BCUT2D eigenvalue weighted by atomic mass is 16.6. The molecule has 1 saturated heterocycles. The number of nitrogens with one attached hydrogen (secondary N) is 2. The standard InChI is InChI=1S/C23H25N3O4/c1-23(2,3)30-22(29)24-14-5-4-8-16-9-6-11-18-17(16)10-7-12-19(18)26-15-13-20(27)25-21(26)28/h6-7,9-12H,5,13-15H2,1-3H3,(H,24,29)(H,25,27,28). The fourth-order valence-electron chi connectivity index (χ4n) is 3.13. The summed E-state index contributed by atoms with van der Waals surface area (Å²) in [6.45, 7) is 6.17. The number of fused-ring (bicyclic) bond motifs is 1. The highest BCUT2D eigenvalue weighted by Crippen LogP contribution is 2.29. The van der Waals surface area contributed by atoms with Gasteiger partial charge in [-0.25, -0.2) is 9.59 Å². The number of alkyl carbamates (subject to hydrolysis) is 1. The van der Waals surface area contributed by atoms with E-state index in [1.54, 1.807) is 4.90 Å². The minimum Gasteiger partial charge on any atom is -0.444 e. The average molecular weight is 407 g/mol. The Morgan fingerprint density at radius 3 is 2.63 bits per heavy atom. The predicted molar refractivity (Wildman–Crippen MR) is 115 cm³/mol. The van der Waals surface area contributed by atoms with Gasteiger partial charge in [-0.1, -0.05) is 36.1 Å². The van der Waals surface area contributed by atoms with Gasteiger partial charge >= 0.3 is 12.1 Å². The molecule has 2 aromatic rings. The maximum absolute atomic E-state index is 12.2. The van der Waals surface area contributed by atoms with E-state index in [0.29, 0.717) is 19.5 Å². The fourth-order valence-corrected chi connectivity index (χ4v) is 3.13. The number of nitrogens with zero attached hydrogens (tertiary/aromatic N) is 1. The van der Waals surface area contributed by atoms with E-state index in [1.165, 1.54) is 0 Å². The summed E-state index contributed by atoms with van der Waals surface area (Å²) >= 11 is 0. The number of amides is 4. The number of carbonyl (C=O) groups is 3. The summed E-state index contributed by atoms with van der Waals surface area (Å²) in [7, 11) is 0. The first-order valence-electron chi connectivity index (χ1n) is 9.83. The first-order valence-corrected chi connectivity index (χ1v) is 9.83. The molecule has 0 radical (unpaired) electrons. The van der Waals surface area contributed by atoms with E-state index >= 15 is 0 Å². The van der Waals surface area contributed by atoms with Crippen LogP contribution in [0.4, 0.5) is 15.3 Å². The summed E-state index contributed by atoms with van der Waals surface area (Å²) in [5.74, 6) is 5.95. The molecule has 0 atom stereocenters. The molecule has 2 N–H and O–H groups in total. The normalized spacial score (nSPS) is 14.0. The lowest BCUT2D eigenvalue weighted by Gasteiger charge is -2.27. The van der Waals surface area contributed by atoms with Crippen molar-refractivity contribution in [2.24, 2.45) is 0 Å². The molecule has 0 saturated carbocycles. The number of hydrogen-bond acceptors (Lipinski definition) is 4. The second kappa shape index (κ2) is 8.87. The van der Waals surface area contributed by atoms with Crippen LogP contribution in [0.25, 0.3) is 10.8 Å². The molecule has 30 heavy (non-hydrogen) atoms. The Balaban J connectivity index is 1.73. The second-order valence-corrected chi connectivity index (χ2v) is 7.91. The van der Waals surface area contributed by atoms with E-state index in [1.807, 2.05) is 57.2 Å². The second-order valence-electron chi connectivity index (χ2n) is 7.91. The van der Waals surface area contributed by atoms with Gasteiger partial charge in [0, 0.05) is 36.9 Å². The van der Waals surface area contributed by atoms with E-state index in [9.17, 15) is 14.4 Å². The summed E-state index contributed by atoms with van der Waals surface area (Å²) in [4.78, 5) is 36.9. The minimum atomic E-state index is -0.533. The van der Waals surface area contributed by atoms with Crippen molar-refractivity contribution in [3.05, 3.63) is 42.0 Å². The van der Waals surface area contributed by atoms with Crippen molar-refractivity contribution >= 4 is 34.5 Å². The topological polar surface area (TPSA) is 87.7 Å². The number of urea groups is 1. The maximum Gasteiger partial charge on any atom is 0.407 e. The smallest absolute Gasteiger partial charge is 0.407 e. The van der Waals surface area contributed by atoms with Crippen LogP contribution in [0.3, 0.4) is 0 Å². The number of ether oxygens (including phenoxy) is 1. The van der Waals surface area contributed by atoms with Crippen LogP contribution in [-0.4, -0.2) is 36.7 Å². The van der Waals surface area contributed by atoms with Gasteiger partial charge in [0.05, 0.1) is 5.69 Å². The van der Waals surface area contributed by atoms with Gasteiger partial charge in [0.15, 0.2) is 0 Å². The molecule has 7 heteroatoms. The number of carbonyl (C=O) groups excluding carboxylic acids is 3. The van der Waals surface area contributed by atoms with Crippen LogP contribution < -0.4 is 15.5 Å². The summed E-state index contributed by atoms with van der Waals surface area (Å²) in [5.41, 5.74) is 1.04. The van der Waals surface area contributed by atoms with Crippen LogP contribution in [0.5, 0.6) is 0 Å². The summed E-state index contributed by atoms with van der Waals surface area (Å²) in [5, 5.41) is 6.85. The van der Waals surface area contributed by atoms with Gasteiger partial charge < -0.3 is 10.1 Å². The highest BCUT2D eigenvalue weighted by molar-refractivity contribution is 6.10. The van der Waals surface area contributed by atoms with Crippen molar-refractivity contribution in [2.75, 3.05) is 18.0 Å². The van der Waals surface area contributed by atoms with Crippen LogP contribution in [0.2, 0.25) is 0 Å². The van der Waals surface area contributed by atoms with Crippen molar-refractivity contribution in [1.29, 1.82) is 0 Å². The zero-order valence-electron chi connectivity index (χ0n) is 17.4. The monoisotopic (exact) mass is 407 g/mol. The molecule has 1 heterocycles. The minimum absolute atomic E-state index is 0.261. The molecule has 1 aliphatic heterocycles. The molecule has 2 aromatic carbocycles. The fraction of sp³-hybridized carbons (Fsp3) is 0.348. The van der Waals surface area contributed by atoms with Crippen LogP contribution in [-0.2, 0) is 9.53 Å². The molecule has 156 valence electrons. The van der Waals surface area contributed by atoms with Crippen LogP contribution >= 0.6 is 0 Å². The Bertz CT molecular complexity index is 1040. The van der Waals surface area contributed by atoms with Crippen molar-refractivity contribution in [1.82, 2.24) is 10.6 Å². The van der Waals surface area contributed by atoms with E-state index in [0.717, 1.165) is 22.0 Å². The lowest BCUT2D eigenvalue weighted by Crippen LogP contribution is -2.49. The zero-order valence-corrected chi connectivity index (χ0v) is 17.4. The number of imide groups is 1. The molecular formula is C23H25N3O4. The van der Waals surface area contributed by atoms with Crippen molar-refractivity contribution in [3.8, 4) is 11.8 Å². The Morgan fingerprint density at radius 1 is 1.17 bits per heavy atom. The lowest BCUT2D eigenvalue weighted by molar-refractivity contribution is -0.120. The largest absolute Gasteiger partial charge is 0.444 e. The van der Waals surface area contributed by atoms with E-state index in [-0.39, 0.29) is 12.3 Å². The number of hydrogen-bond donors (Lipinski definition) is 2. The quantitative estimate of drug-likeness (QED) is 0.602. The first kappa shape index (κ1) is 21.2. The number of benzene rings is 2. The van der Waals surface area contributed by atoms with Crippen molar-refractivity contribution in [2.45, 2.75) is 39.2 Å².